The Morgan fingerprint density at radius 3 is 2.78 bits per heavy atom. The molecule has 0 aliphatic heterocycles. The molecule has 3 aromatic rings. The summed E-state index contributed by atoms with van der Waals surface area (Å²) < 4.78 is 23.7. The van der Waals surface area contributed by atoms with E-state index in [4.69, 9.17) is 5.14 Å². The molecule has 0 atom stereocenters. The van der Waals surface area contributed by atoms with Gasteiger partial charge in [-0.15, -0.1) is 21.6 Å². The number of thiazole rings is 1. The zero-order chi connectivity index (χ0) is 19.6. The minimum Gasteiger partial charge on any atom is -0.506 e. The number of phenols is 1. The number of aromatic nitrogens is 1. The van der Waals surface area contributed by atoms with E-state index in [0.717, 1.165) is 6.07 Å². The van der Waals surface area contributed by atoms with E-state index in [2.05, 4.69) is 20.5 Å². The summed E-state index contributed by atoms with van der Waals surface area (Å²) in [5.41, 5.74) is 0.484. The van der Waals surface area contributed by atoms with Gasteiger partial charge in [-0.1, -0.05) is 19.1 Å². The summed E-state index contributed by atoms with van der Waals surface area (Å²) in [6.45, 7) is 1.69. The first-order chi connectivity index (χ1) is 12.8. The summed E-state index contributed by atoms with van der Waals surface area (Å²) in [5, 5.41) is 29.0. The summed E-state index contributed by atoms with van der Waals surface area (Å²) >= 11 is 1.25. The number of aromatic hydroxyl groups is 1. The third-order valence-electron chi connectivity index (χ3n) is 3.64. The van der Waals surface area contributed by atoms with Gasteiger partial charge >= 0.3 is 0 Å². The van der Waals surface area contributed by atoms with Gasteiger partial charge in [0, 0.05) is 28.8 Å². The molecule has 0 bridgehead atoms. The highest BCUT2D eigenvalue weighted by atomic mass is 32.2. The SMILES string of the molecule is CCC(=O)Nc1cccc2c(O)c(S(N)(=O)=O)cc(N=Nc3nccs3)c12. The Labute approximate surface area is 158 Å². The normalized spacial score (nSPS) is 11.9. The summed E-state index contributed by atoms with van der Waals surface area (Å²) in [6.07, 6.45) is 1.80. The number of primary sulfonamides is 1. The molecule has 1 amide bonds. The number of nitrogens with zero attached hydrogens (tertiary/aromatic N) is 3. The van der Waals surface area contributed by atoms with Gasteiger partial charge in [-0.05, 0) is 12.1 Å². The van der Waals surface area contributed by atoms with Crippen LogP contribution in [-0.2, 0) is 14.8 Å². The van der Waals surface area contributed by atoms with Crippen LogP contribution in [0.15, 0.2) is 51.0 Å². The van der Waals surface area contributed by atoms with Crippen LogP contribution in [0.25, 0.3) is 10.8 Å². The van der Waals surface area contributed by atoms with Crippen LogP contribution in [0.4, 0.5) is 16.5 Å². The number of rotatable bonds is 5. The van der Waals surface area contributed by atoms with Crippen LogP contribution in [0.2, 0.25) is 0 Å². The third kappa shape index (κ3) is 3.94. The highest BCUT2D eigenvalue weighted by molar-refractivity contribution is 7.89. The molecule has 3 rings (SSSR count). The van der Waals surface area contributed by atoms with E-state index in [1.54, 1.807) is 30.6 Å². The molecule has 1 aromatic heterocycles. The Balaban J connectivity index is 2.31. The first-order valence-electron chi connectivity index (χ1n) is 7.74. The summed E-state index contributed by atoms with van der Waals surface area (Å²) in [5.74, 6) is -0.770. The van der Waals surface area contributed by atoms with E-state index >= 15 is 0 Å². The number of sulfonamides is 1. The molecule has 11 heteroatoms. The lowest BCUT2D eigenvalue weighted by molar-refractivity contribution is -0.115. The van der Waals surface area contributed by atoms with E-state index in [0.29, 0.717) is 16.2 Å². The fraction of sp³-hybridized carbons (Fsp3) is 0.125. The van der Waals surface area contributed by atoms with Crippen molar-refractivity contribution in [2.75, 3.05) is 5.32 Å². The van der Waals surface area contributed by atoms with Gasteiger partial charge in [0.2, 0.25) is 21.1 Å². The second-order valence-corrected chi connectivity index (χ2v) is 7.83. The zero-order valence-corrected chi connectivity index (χ0v) is 15.7. The molecule has 0 aliphatic carbocycles. The molecule has 0 saturated carbocycles. The van der Waals surface area contributed by atoms with Crippen LogP contribution in [0.3, 0.4) is 0 Å². The lowest BCUT2D eigenvalue weighted by Gasteiger charge is -2.13. The largest absolute Gasteiger partial charge is 0.506 e. The fourth-order valence-corrected chi connectivity index (χ4v) is 3.53. The number of benzene rings is 2. The van der Waals surface area contributed by atoms with Crippen molar-refractivity contribution in [3.05, 3.63) is 35.8 Å². The van der Waals surface area contributed by atoms with Gasteiger partial charge in [0.05, 0.1) is 11.4 Å². The zero-order valence-electron chi connectivity index (χ0n) is 14.1. The summed E-state index contributed by atoms with van der Waals surface area (Å²) in [4.78, 5) is 15.3. The smallest absolute Gasteiger partial charge is 0.241 e. The van der Waals surface area contributed by atoms with Crippen LogP contribution >= 0.6 is 11.3 Å². The van der Waals surface area contributed by atoms with Crippen molar-refractivity contribution in [1.82, 2.24) is 4.98 Å². The number of hydrogen-bond donors (Lipinski definition) is 3. The van der Waals surface area contributed by atoms with Gasteiger partial charge in [0.1, 0.15) is 10.6 Å². The topological polar surface area (TPSA) is 147 Å². The standard InChI is InChI=1S/C16H15N5O4S2/c1-2-13(22)19-10-5-3-4-9-14(10)11(20-21-16-18-6-7-26-16)8-12(15(9)23)27(17,24)25/h3-8,23H,2H2,1H3,(H,19,22)(H2,17,24,25). The molecule has 0 fully saturated rings. The van der Waals surface area contributed by atoms with Crippen molar-refractivity contribution in [3.63, 3.8) is 0 Å². The van der Waals surface area contributed by atoms with Crippen molar-refractivity contribution in [1.29, 1.82) is 0 Å². The molecule has 2 aromatic carbocycles. The molecule has 1 heterocycles. The molecular formula is C16H15N5O4S2. The van der Waals surface area contributed by atoms with Crippen LogP contribution in [0, 0.1) is 0 Å². The monoisotopic (exact) mass is 405 g/mol. The minimum atomic E-state index is -4.21. The number of azo groups is 1. The molecule has 0 radical (unpaired) electrons. The van der Waals surface area contributed by atoms with Crippen molar-refractivity contribution in [2.24, 2.45) is 15.4 Å². The molecule has 0 spiro atoms. The molecule has 0 unspecified atom stereocenters. The van der Waals surface area contributed by atoms with Crippen LogP contribution in [0.1, 0.15) is 13.3 Å². The predicted molar refractivity (Wildman–Crippen MR) is 102 cm³/mol. The lowest BCUT2D eigenvalue weighted by Crippen LogP contribution is -2.13. The number of fused-ring (bicyclic) bond motifs is 1. The quantitative estimate of drug-likeness (QED) is 0.556. The van der Waals surface area contributed by atoms with E-state index in [1.807, 2.05) is 0 Å². The van der Waals surface area contributed by atoms with Crippen LogP contribution in [-0.4, -0.2) is 24.4 Å². The van der Waals surface area contributed by atoms with E-state index in [9.17, 15) is 18.3 Å². The van der Waals surface area contributed by atoms with Gasteiger partial charge in [-0.2, -0.15) is 0 Å². The number of phenolic OH excluding ortho intramolecular Hbond substituents is 1. The van der Waals surface area contributed by atoms with Crippen molar-refractivity contribution in [3.8, 4) is 5.75 Å². The molecule has 4 N–H and O–H groups in total. The fourth-order valence-electron chi connectivity index (χ4n) is 2.42. The maximum Gasteiger partial charge on any atom is 0.241 e. The molecule has 0 saturated heterocycles. The average molecular weight is 405 g/mol. The van der Waals surface area contributed by atoms with Gasteiger partial charge in [0.15, 0.2) is 0 Å². The Morgan fingerprint density at radius 1 is 1.37 bits per heavy atom. The number of anilines is 1. The van der Waals surface area contributed by atoms with E-state index in [1.165, 1.54) is 17.4 Å². The molecule has 9 nitrogen and oxygen atoms in total. The summed E-state index contributed by atoms with van der Waals surface area (Å²) in [6, 6.07) is 5.81. The van der Waals surface area contributed by atoms with Crippen molar-refractivity contribution in [2.45, 2.75) is 18.2 Å². The Kier molecular flexibility index (Phi) is 5.17. The maximum absolute atomic E-state index is 11.9. The summed E-state index contributed by atoms with van der Waals surface area (Å²) in [7, 11) is -4.21. The second kappa shape index (κ2) is 7.39. The Morgan fingerprint density at radius 2 is 2.15 bits per heavy atom. The lowest BCUT2D eigenvalue weighted by atomic mass is 10.1. The number of carbonyl (C=O) groups is 1. The number of amides is 1. The van der Waals surface area contributed by atoms with Gasteiger partial charge < -0.3 is 10.4 Å². The van der Waals surface area contributed by atoms with Crippen LogP contribution in [0.5, 0.6) is 5.75 Å². The van der Waals surface area contributed by atoms with Gasteiger partial charge in [0.25, 0.3) is 0 Å². The first kappa shape index (κ1) is 18.9. The molecule has 0 aliphatic rings. The van der Waals surface area contributed by atoms with E-state index < -0.39 is 20.7 Å². The van der Waals surface area contributed by atoms with Gasteiger partial charge in [-0.25, -0.2) is 18.5 Å². The van der Waals surface area contributed by atoms with Crippen molar-refractivity contribution >= 4 is 54.5 Å². The molecular weight excluding hydrogens is 390 g/mol. The maximum atomic E-state index is 11.9. The Hall–Kier alpha value is -2.89. The first-order valence-corrected chi connectivity index (χ1v) is 10.2. The predicted octanol–water partition coefficient (Wildman–Crippen LogP) is 3.41. The number of hydrogen-bond acceptors (Lipinski definition) is 8. The second-order valence-electron chi connectivity index (χ2n) is 5.43. The Bertz CT molecular complexity index is 1140. The van der Waals surface area contributed by atoms with Crippen LogP contribution < -0.4 is 10.5 Å². The number of carbonyl (C=O) groups excluding carboxylic acids is 1. The van der Waals surface area contributed by atoms with Gasteiger partial charge in [-0.3, -0.25) is 4.79 Å². The average Bonchev–Trinajstić information content (AvgIpc) is 3.14. The highest BCUT2D eigenvalue weighted by Gasteiger charge is 2.21. The number of nitrogens with one attached hydrogen (secondary N) is 1. The third-order valence-corrected chi connectivity index (χ3v) is 5.22. The minimum absolute atomic E-state index is 0.119. The molecule has 140 valence electrons. The number of nitrogens with two attached hydrogens (primary N) is 1. The van der Waals surface area contributed by atoms with E-state index in [-0.39, 0.29) is 23.4 Å². The highest BCUT2D eigenvalue weighted by Crippen LogP contribution is 2.42. The molecule has 27 heavy (non-hydrogen) atoms. The van der Waals surface area contributed by atoms with Crippen molar-refractivity contribution < 1.29 is 18.3 Å².